The molecule has 1 amide bonds. The Balaban J connectivity index is 1.63. The molecule has 144 valence electrons. The van der Waals surface area contributed by atoms with Crippen LogP contribution >= 0.6 is 23.2 Å². The molecule has 0 N–H and O–H groups in total. The van der Waals surface area contributed by atoms with E-state index >= 15 is 0 Å². The van der Waals surface area contributed by atoms with Gasteiger partial charge in [0.2, 0.25) is 5.91 Å². The van der Waals surface area contributed by atoms with E-state index in [1.54, 1.807) is 11.0 Å². The van der Waals surface area contributed by atoms with Crippen LogP contribution in [0.5, 0.6) is 0 Å². The van der Waals surface area contributed by atoms with Gasteiger partial charge in [0.1, 0.15) is 6.54 Å². The Labute approximate surface area is 164 Å². The third-order valence-corrected chi connectivity index (χ3v) is 5.03. The van der Waals surface area contributed by atoms with Gasteiger partial charge in [0.15, 0.2) is 5.69 Å². The Bertz CT molecular complexity index is 828. The molecule has 27 heavy (non-hydrogen) atoms. The lowest BCUT2D eigenvalue weighted by atomic mass is 10.2. The normalized spacial score (nSPS) is 15.0. The zero-order valence-corrected chi connectivity index (χ0v) is 15.8. The summed E-state index contributed by atoms with van der Waals surface area (Å²) in [5.74, 6) is -0.308. The summed E-state index contributed by atoms with van der Waals surface area (Å²) in [6.45, 7) is 3.14. The number of amides is 1. The fourth-order valence-electron chi connectivity index (χ4n) is 2.83. The standard InChI is InChI=1S/C17H15Cl2F3N4O/c1-11-15(19)16(17(20,21)22)23-26(11)10-14(27)25-8-6-24(7-9-25)13-4-2-12(18)3-5-13/h2,4H,6-10H2,1H3. The summed E-state index contributed by atoms with van der Waals surface area (Å²) in [6.07, 6.45) is -4.66. The van der Waals surface area contributed by atoms with Crippen molar-refractivity contribution in [2.45, 2.75) is 19.6 Å². The summed E-state index contributed by atoms with van der Waals surface area (Å²) in [4.78, 5) is 16.1. The Hall–Kier alpha value is -2.11. The highest BCUT2D eigenvalue weighted by Gasteiger charge is 2.38. The third-order valence-electron chi connectivity index (χ3n) is 4.36. The first-order valence-electron chi connectivity index (χ1n) is 8.09. The molecule has 0 aliphatic carbocycles. The van der Waals surface area contributed by atoms with Crippen LogP contribution in [0, 0.1) is 19.1 Å². The van der Waals surface area contributed by atoms with E-state index in [2.05, 4.69) is 17.2 Å². The quantitative estimate of drug-likeness (QED) is 0.766. The molecule has 1 aromatic carbocycles. The van der Waals surface area contributed by atoms with Gasteiger partial charge in [-0.15, -0.1) is 0 Å². The topological polar surface area (TPSA) is 41.4 Å². The van der Waals surface area contributed by atoms with Crippen molar-refractivity contribution in [3.63, 3.8) is 0 Å². The fourth-order valence-corrected chi connectivity index (χ4v) is 3.18. The Morgan fingerprint density at radius 3 is 2.37 bits per heavy atom. The average Bonchev–Trinajstić information content (AvgIpc) is 2.91. The smallest absolute Gasteiger partial charge is 0.361 e. The second-order valence-electron chi connectivity index (χ2n) is 6.09. The molecule has 1 fully saturated rings. The van der Waals surface area contributed by atoms with Gasteiger partial charge in [-0.1, -0.05) is 23.2 Å². The number of nitrogens with zero attached hydrogens (tertiary/aromatic N) is 4. The lowest BCUT2D eigenvalue weighted by Crippen LogP contribution is -2.49. The molecule has 0 saturated carbocycles. The molecule has 0 unspecified atom stereocenters. The van der Waals surface area contributed by atoms with E-state index in [1.807, 2.05) is 11.0 Å². The number of halogens is 5. The van der Waals surface area contributed by atoms with Crippen LogP contribution in [0.2, 0.25) is 10.0 Å². The largest absolute Gasteiger partial charge is 0.436 e. The molecule has 1 saturated heterocycles. The molecule has 2 heterocycles. The van der Waals surface area contributed by atoms with Crippen LogP contribution in [0.25, 0.3) is 0 Å². The van der Waals surface area contributed by atoms with Gasteiger partial charge in [-0.25, -0.2) is 0 Å². The molecule has 10 heteroatoms. The van der Waals surface area contributed by atoms with Crippen LogP contribution in [-0.4, -0.2) is 46.8 Å². The van der Waals surface area contributed by atoms with Crippen molar-refractivity contribution in [2.24, 2.45) is 0 Å². The summed E-state index contributed by atoms with van der Waals surface area (Å²) >= 11 is 11.5. The second-order valence-corrected chi connectivity index (χ2v) is 6.87. The highest BCUT2D eigenvalue weighted by atomic mass is 35.5. The van der Waals surface area contributed by atoms with Crippen molar-refractivity contribution in [2.75, 3.05) is 31.1 Å². The number of carbonyl (C=O) groups excluding carboxylic acids is 1. The van der Waals surface area contributed by atoms with E-state index < -0.39 is 16.9 Å². The van der Waals surface area contributed by atoms with Crippen LogP contribution in [0.4, 0.5) is 18.9 Å². The monoisotopic (exact) mass is 418 g/mol. The van der Waals surface area contributed by atoms with Crippen molar-refractivity contribution in [3.05, 3.63) is 45.7 Å². The Morgan fingerprint density at radius 1 is 1.19 bits per heavy atom. The molecule has 1 aliphatic heterocycles. The van der Waals surface area contributed by atoms with Crippen molar-refractivity contribution in [1.29, 1.82) is 0 Å². The summed E-state index contributed by atoms with van der Waals surface area (Å²) < 4.78 is 39.7. The van der Waals surface area contributed by atoms with E-state index in [0.717, 1.165) is 10.4 Å². The van der Waals surface area contributed by atoms with Crippen molar-refractivity contribution < 1.29 is 18.0 Å². The number of piperazine rings is 1. The molecular weight excluding hydrogens is 404 g/mol. The SMILES string of the molecule is Cc1c(Cl)c(C(F)(F)F)nn1CC(=O)N1CCN(c2c#cc(Cl)cc2)CC1. The third kappa shape index (κ3) is 4.25. The van der Waals surface area contributed by atoms with Crippen molar-refractivity contribution in [3.8, 4) is 0 Å². The van der Waals surface area contributed by atoms with Gasteiger partial charge in [0, 0.05) is 26.2 Å². The summed E-state index contributed by atoms with van der Waals surface area (Å²) in [7, 11) is 0. The van der Waals surface area contributed by atoms with Gasteiger partial charge in [-0.3, -0.25) is 9.48 Å². The van der Waals surface area contributed by atoms with Gasteiger partial charge in [0.05, 0.1) is 21.4 Å². The van der Waals surface area contributed by atoms with E-state index in [9.17, 15) is 18.0 Å². The molecule has 1 aromatic heterocycles. The number of rotatable bonds is 3. The lowest BCUT2D eigenvalue weighted by Gasteiger charge is -2.35. The van der Waals surface area contributed by atoms with E-state index in [-0.39, 0.29) is 18.1 Å². The average molecular weight is 419 g/mol. The van der Waals surface area contributed by atoms with Crippen LogP contribution in [0.15, 0.2) is 12.1 Å². The minimum absolute atomic E-state index is 0.113. The lowest BCUT2D eigenvalue weighted by molar-refractivity contribution is -0.142. The molecule has 0 spiro atoms. The number of alkyl halides is 3. The van der Waals surface area contributed by atoms with Gasteiger partial charge in [0.25, 0.3) is 0 Å². The maximum absolute atomic E-state index is 12.9. The van der Waals surface area contributed by atoms with E-state index in [4.69, 9.17) is 23.2 Å². The minimum atomic E-state index is -4.66. The van der Waals surface area contributed by atoms with Crippen LogP contribution in [0.1, 0.15) is 11.4 Å². The maximum atomic E-state index is 12.9. The number of anilines is 1. The molecule has 1 aliphatic rings. The highest BCUT2D eigenvalue weighted by molar-refractivity contribution is 6.32. The first-order valence-corrected chi connectivity index (χ1v) is 8.84. The fraction of sp³-hybridized carbons (Fsp3) is 0.412. The molecule has 5 nitrogen and oxygen atoms in total. The number of hydrogen-bond donors (Lipinski definition) is 0. The molecule has 3 rings (SSSR count). The number of aromatic nitrogens is 2. The summed E-state index contributed by atoms with van der Waals surface area (Å²) in [5.41, 5.74) is -0.230. The van der Waals surface area contributed by atoms with E-state index in [0.29, 0.717) is 31.2 Å². The summed E-state index contributed by atoms with van der Waals surface area (Å²) in [5, 5.41) is 3.46. The molecule has 0 radical (unpaired) electrons. The molecular formula is C17H15Cl2F3N4O. The minimum Gasteiger partial charge on any atom is -0.361 e. The van der Waals surface area contributed by atoms with Gasteiger partial charge in [-0.2, -0.15) is 18.3 Å². The number of carbonyl (C=O) groups is 1. The first kappa shape index (κ1) is 19.6. The summed E-state index contributed by atoms with van der Waals surface area (Å²) in [6, 6.07) is 9.28. The maximum Gasteiger partial charge on any atom is 0.436 e. The Morgan fingerprint density at radius 2 is 1.85 bits per heavy atom. The predicted octanol–water partition coefficient (Wildman–Crippen LogP) is 3.47. The van der Waals surface area contributed by atoms with Crippen molar-refractivity contribution in [1.82, 2.24) is 14.7 Å². The molecule has 0 atom stereocenters. The van der Waals surface area contributed by atoms with Crippen LogP contribution in [0.3, 0.4) is 0 Å². The van der Waals surface area contributed by atoms with Crippen molar-refractivity contribution >= 4 is 34.8 Å². The predicted molar refractivity (Wildman–Crippen MR) is 94.9 cm³/mol. The van der Waals surface area contributed by atoms with Gasteiger partial charge >= 0.3 is 6.18 Å². The Kier molecular flexibility index (Phi) is 5.45. The molecule has 0 bridgehead atoms. The van der Waals surface area contributed by atoms with Gasteiger partial charge < -0.3 is 9.80 Å². The second kappa shape index (κ2) is 7.49. The van der Waals surface area contributed by atoms with Crippen LogP contribution < -0.4 is 4.90 Å². The van der Waals surface area contributed by atoms with E-state index in [1.165, 1.54) is 6.92 Å². The molecule has 2 aromatic rings. The van der Waals surface area contributed by atoms with Crippen LogP contribution in [-0.2, 0) is 17.5 Å². The highest BCUT2D eigenvalue weighted by Crippen LogP contribution is 2.35. The van der Waals surface area contributed by atoms with Gasteiger partial charge in [-0.05, 0) is 31.2 Å². The zero-order chi connectivity index (χ0) is 19.8. The first-order chi connectivity index (χ1) is 12.7. The number of hydrogen-bond acceptors (Lipinski definition) is 3. The zero-order valence-electron chi connectivity index (χ0n) is 14.3.